The van der Waals surface area contributed by atoms with Crippen LogP contribution in [0.4, 0.5) is 17.1 Å². The first-order valence-electron chi connectivity index (χ1n) is 6.04. The van der Waals surface area contributed by atoms with Crippen LogP contribution in [-0.2, 0) is 4.79 Å². The van der Waals surface area contributed by atoms with E-state index in [2.05, 4.69) is 10.5 Å². The van der Waals surface area contributed by atoms with E-state index in [4.69, 9.17) is 5.11 Å². The van der Waals surface area contributed by atoms with E-state index in [0.717, 1.165) is 18.2 Å². The molecule has 0 saturated heterocycles. The van der Waals surface area contributed by atoms with Crippen molar-refractivity contribution < 1.29 is 19.7 Å². The number of carboxylic acid groups (broad SMARTS) is 1. The maximum Gasteiger partial charge on any atom is 0.352 e. The molecule has 0 radical (unpaired) electrons. The molecular weight excluding hydrogens is 296 g/mol. The number of carboxylic acids is 1. The fourth-order valence-corrected chi connectivity index (χ4v) is 1.53. The van der Waals surface area contributed by atoms with Gasteiger partial charge in [-0.15, -0.1) is 0 Å². The van der Waals surface area contributed by atoms with Crippen LogP contribution in [0.3, 0.4) is 0 Å². The largest absolute Gasteiger partial charge is 0.477 e. The zero-order valence-corrected chi connectivity index (χ0v) is 12.1. The number of anilines is 1. The molecule has 1 aromatic carbocycles. The van der Waals surface area contributed by atoms with E-state index in [1.807, 2.05) is 0 Å². The Balaban J connectivity index is 3.25. The molecule has 0 aromatic heterocycles. The van der Waals surface area contributed by atoms with Crippen LogP contribution in [0.2, 0.25) is 0 Å². The normalized spacial score (nSPS) is 11.9. The van der Waals surface area contributed by atoms with Crippen molar-refractivity contribution in [3.63, 3.8) is 0 Å². The third-order valence-corrected chi connectivity index (χ3v) is 2.59. The van der Waals surface area contributed by atoms with Crippen LogP contribution < -0.4 is 5.43 Å². The molecule has 0 bridgehead atoms. The van der Waals surface area contributed by atoms with Crippen LogP contribution in [0.25, 0.3) is 0 Å². The highest BCUT2D eigenvalue weighted by Gasteiger charge is 2.26. The van der Waals surface area contributed by atoms with E-state index in [0.29, 0.717) is 0 Å². The van der Waals surface area contributed by atoms with Gasteiger partial charge in [0.15, 0.2) is 5.71 Å². The third kappa shape index (κ3) is 3.98. The Morgan fingerprint density at radius 3 is 2.23 bits per heavy atom. The molecule has 0 atom stereocenters. The van der Waals surface area contributed by atoms with Crippen LogP contribution >= 0.6 is 0 Å². The SMILES string of the molecule is CC(C)(C)C(=NNc1ccc([N+](=O)[O-])cc1[N+](=O)[O-])C(=O)O. The van der Waals surface area contributed by atoms with Crippen molar-refractivity contribution in [2.24, 2.45) is 10.5 Å². The number of hydrazone groups is 1. The van der Waals surface area contributed by atoms with Gasteiger partial charge in [-0.1, -0.05) is 20.8 Å². The lowest BCUT2D eigenvalue weighted by molar-refractivity contribution is -0.393. The van der Waals surface area contributed by atoms with Gasteiger partial charge in [-0.05, 0) is 6.07 Å². The molecule has 22 heavy (non-hydrogen) atoms. The van der Waals surface area contributed by atoms with Crippen LogP contribution in [0.1, 0.15) is 20.8 Å². The molecular formula is C12H14N4O6. The molecule has 0 fully saturated rings. The Morgan fingerprint density at radius 1 is 1.23 bits per heavy atom. The maximum absolute atomic E-state index is 11.1. The monoisotopic (exact) mass is 310 g/mol. The van der Waals surface area contributed by atoms with E-state index in [1.54, 1.807) is 20.8 Å². The van der Waals surface area contributed by atoms with Crippen LogP contribution in [0.15, 0.2) is 23.3 Å². The fraction of sp³-hybridized carbons (Fsp3) is 0.333. The summed E-state index contributed by atoms with van der Waals surface area (Å²) >= 11 is 0. The number of non-ortho nitro benzene ring substituents is 1. The average Bonchev–Trinajstić information content (AvgIpc) is 2.36. The third-order valence-electron chi connectivity index (χ3n) is 2.59. The molecule has 1 aromatic rings. The van der Waals surface area contributed by atoms with Crippen LogP contribution in [0.5, 0.6) is 0 Å². The molecule has 118 valence electrons. The van der Waals surface area contributed by atoms with Gasteiger partial charge in [0.2, 0.25) is 0 Å². The molecule has 0 aliphatic carbocycles. The summed E-state index contributed by atoms with van der Waals surface area (Å²) in [6.45, 7) is 4.85. The second-order valence-electron chi connectivity index (χ2n) is 5.34. The lowest BCUT2D eigenvalue weighted by atomic mass is 9.90. The molecule has 0 heterocycles. The minimum atomic E-state index is -1.27. The first-order valence-corrected chi connectivity index (χ1v) is 6.04. The van der Waals surface area contributed by atoms with E-state index in [-0.39, 0.29) is 11.4 Å². The van der Waals surface area contributed by atoms with Crippen LogP contribution in [-0.4, -0.2) is 26.6 Å². The van der Waals surface area contributed by atoms with Crippen LogP contribution in [0, 0.1) is 25.6 Å². The topological polar surface area (TPSA) is 148 Å². The lowest BCUT2D eigenvalue weighted by Gasteiger charge is -2.17. The number of hydrogen-bond acceptors (Lipinski definition) is 7. The summed E-state index contributed by atoms with van der Waals surface area (Å²) in [6.07, 6.45) is 0. The number of nitrogens with one attached hydrogen (secondary N) is 1. The number of nitro benzene ring substituents is 2. The average molecular weight is 310 g/mol. The fourth-order valence-electron chi connectivity index (χ4n) is 1.53. The molecule has 0 aliphatic heterocycles. The molecule has 0 unspecified atom stereocenters. The minimum Gasteiger partial charge on any atom is -0.477 e. The van der Waals surface area contributed by atoms with Gasteiger partial charge in [-0.25, -0.2) is 4.79 Å². The van der Waals surface area contributed by atoms with Gasteiger partial charge in [0, 0.05) is 11.5 Å². The number of nitrogens with zero attached hydrogens (tertiary/aromatic N) is 3. The number of benzene rings is 1. The van der Waals surface area contributed by atoms with Crippen molar-refractivity contribution in [1.82, 2.24) is 0 Å². The van der Waals surface area contributed by atoms with Gasteiger partial charge in [0.05, 0.1) is 15.9 Å². The Bertz CT molecular complexity index is 662. The molecule has 0 saturated carbocycles. The van der Waals surface area contributed by atoms with Gasteiger partial charge in [-0.3, -0.25) is 25.7 Å². The van der Waals surface area contributed by atoms with Crippen molar-refractivity contribution in [3.05, 3.63) is 38.4 Å². The van der Waals surface area contributed by atoms with Gasteiger partial charge in [0.25, 0.3) is 5.69 Å². The molecule has 0 spiro atoms. The number of rotatable bonds is 5. The highest BCUT2D eigenvalue weighted by Crippen LogP contribution is 2.29. The zero-order chi connectivity index (χ0) is 17.1. The summed E-state index contributed by atoms with van der Waals surface area (Å²) in [6, 6.07) is 2.93. The smallest absolute Gasteiger partial charge is 0.352 e. The summed E-state index contributed by atoms with van der Waals surface area (Å²) < 4.78 is 0. The van der Waals surface area contributed by atoms with E-state index in [1.165, 1.54) is 0 Å². The molecule has 0 aliphatic rings. The first kappa shape index (κ1) is 17.0. The summed E-state index contributed by atoms with van der Waals surface area (Å²) in [5.74, 6) is -1.27. The number of aliphatic carboxylic acids is 1. The Kier molecular flexibility index (Phi) is 4.76. The second kappa shape index (κ2) is 6.16. The first-order chi connectivity index (χ1) is 10.0. The van der Waals surface area contributed by atoms with Crippen molar-refractivity contribution >= 4 is 28.7 Å². The number of carbonyl (C=O) groups is 1. The Labute approximate surface area is 124 Å². The Hall–Kier alpha value is -3.04. The lowest BCUT2D eigenvalue weighted by Crippen LogP contribution is -2.29. The highest BCUT2D eigenvalue weighted by atomic mass is 16.6. The van der Waals surface area contributed by atoms with Gasteiger partial charge in [-0.2, -0.15) is 5.10 Å². The summed E-state index contributed by atoms with van der Waals surface area (Å²) in [7, 11) is 0. The highest BCUT2D eigenvalue weighted by molar-refractivity contribution is 6.37. The minimum absolute atomic E-state index is 0.140. The maximum atomic E-state index is 11.1. The van der Waals surface area contributed by atoms with Gasteiger partial charge in [0.1, 0.15) is 5.69 Å². The standard InChI is InChI=1S/C12H14N4O6/c1-12(2,3)10(11(17)18)14-13-8-5-4-7(15(19)20)6-9(8)16(21)22/h4-6,13H,1-3H3,(H,17,18). The molecule has 2 N–H and O–H groups in total. The van der Waals surface area contributed by atoms with Crippen molar-refractivity contribution in [1.29, 1.82) is 0 Å². The van der Waals surface area contributed by atoms with Crippen molar-refractivity contribution in [2.75, 3.05) is 5.43 Å². The molecule has 0 amide bonds. The van der Waals surface area contributed by atoms with Crippen molar-refractivity contribution in [3.8, 4) is 0 Å². The van der Waals surface area contributed by atoms with Gasteiger partial charge < -0.3 is 5.11 Å². The Morgan fingerprint density at radius 2 is 1.82 bits per heavy atom. The molecule has 10 heteroatoms. The summed E-state index contributed by atoms with van der Waals surface area (Å²) in [5.41, 5.74) is 0.0970. The number of hydrogen-bond donors (Lipinski definition) is 2. The van der Waals surface area contributed by atoms with E-state index in [9.17, 15) is 25.0 Å². The number of nitro groups is 2. The predicted molar refractivity (Wildman–Crippen MR) is 77.9 cm³/mol. The predicted octanol–water partition coefficient (Wildman–Crippen LogP) is 2.40. The summed E-state index contributed by atoms with van der Waals surface area (Å²) in [4.78, 5) is 31.1. The molecule has 1 rings (SSSR count). The molecule has 10 nitrogen and oxygen atoms in total. The van der Waals surface area contributed by atoms with Gasteiger partial charge >= 0.3 is 11.7 Å². The zero-order valence-electron chi connectivity index (χ0n) is 12.1. The second-order valence-corrected chi connectivity index (χ2v) is 5.34. The van der Waals surface area contributed by atoms with Crippen molar-refractivity contribution in [2.45, 2.75) is 20.8 Å². The summed E-state index contributed by atoms with van der Waals surface area (Å²) in [5, 5.41) is 34.3. The van der Waals surface area contributed by atoms with E-state index < -0.39 is 32.6 Å². The van der Waals surface area contributed by atoms with E-state index >= 15 is 0 Å². The quantitative estimate of drug-likeness (QED) is 0.481.